The van der Waals surface area contributed by atoms with Crippen LogP contribution in [0.5, 0.6) is 17.2 Å². The molecule has 3 aromatic carbocycles. The fourth-order valence-corrected chi connectivity index (χ4v) is 3.14. The van der Waals surface area contributed by atoms with Gasteiger partial charge in [0.1, 0.15) is 29.6 Å². The number of amides is 1. The van der Waals surface area contributed by atoms with Crippen LogP contribution in [0.1, 0.15) is 16.3 Å². The van der Waals surface area contributed by atoms with Crippen LogP contribution < -0.4 is 19.5 Å². The highest BCUT2D eigenvalue weighted by molar-refractivity contribution is 6.03. The lowest BCUT2D eigenvalue weighted by Gasteiger charge is -2.11. The van der Waals surface area contributed by atoms with Gasteiger partial charge in [-0.25, -0.2) is 0 Å². The number of ether oxygens (including phenoxy) is 3. The molecule has 0 fully saturated rings. The Bertz CT molecular complexity index is 1180. The second-order valence-electron chi connectivity index (χ2n) is 6.55. The number of anilines is 1. The smallest absolute Gasteiger partial charge is 0.291 e. The maximum Gasteiger partial charge on any atom is 0.291 e. The number of rotatable bonds is 7. The van der Waals surface area contributed by atoms with Crippen molar-refractivity contribution in [1.82, 2.24) is 0 Å². The van der Waals surface area contributed by atoms with E-state index in [0.717, 1.165) is 16.5 Å². The van der Waals surface area contributed by atoms with Crippen LogP contribution in [0.3, 0.4) is 0 Å². The van der Waals surface area contributed by atoms with E-state index >= 15 is 0 Å². The number of fused-ring (bicyclic) bond motifs is 1. The summed E-state index contributed by atoms with van der Waals surface area (Å²) in [4.78, 5) is 12.6. The number of hydrogen-bond donors (Lipinski definition) is 1. The van der Waals surface area contributed by atoms with Gasteiger partial charge in [-0.05, 0) is 35.7 Å². The highest BCUT2D eigenvalue weighted by atomic mass is 16.5. The zero-order valence-electron chi connectivity index (χ0n) is 16.7. The standard InChI is InChI=1S/C24H21NO5/c1-27-17-10-12-22(28-2)20(14-17)25-24(26)23-13-11-18(30-23)15-29-21-9-5-7-16-6-3-4-8-19(16)21/h3-14H,15H2,1-2H3,(H,25,26). The molecule has 0 radical (unpaired) electrons. The molecule has 6 heteroatoms. The van der Waals surface area contributed by atoms with E-state index in [2.05, 4.69) is 5.32 Å². The second kappa shape index (κ2) is 8.61. The lowest BCUT2D eigenvalue weighted by molar-refractivity contribution is 0.0992. The lowest BCUT2D eigenvalue weighted by Crippen LogP contribution is -2.12. The first kappa shape index (κ1) is 19.4. The van der Waals surface area contributed by atoms with E-state index < -0.39 is 5.91 Å². The van der Waals surface area contributed by atoms with Gasteiger partial charge < -0.3 is 23.9 Å². The van der Waals surface area contributed by atoms with E-state index in [1.54, 1.807) is 37.4 Å². The summed E-state index contributed by atoms with van der Waals surface area (Å²) in [6, 6.07) is 22.4. The average molecular weight is 403 g/mol. The molecule has 0 bridgehead atoms. The number of benzene rings is 3. The average Bonchev–Trinajstić information content (AvgIpc) is 3.27. The van der Waals surface area contributed by atoms with Crippen LogP contribution in [-0.4, -0.2) is 20.1 Å². The molecule has 0 spiro atoms. The number of carbonyl (C=O) groups is 1. The Morgan fingerprint density at radius 2 is 1.73 bits per heavy atom. The molecule has 0 atom stereocenters. The van der Waals surface area contributed by atoms with Crippen molar-refractivity contribution < 1.29 is 23.4 Å². The van der Waals surface area contributed by atoms with Crippen molar-refractivity contribution in [2.24, 2.45) is 0 Å². The van der Waals surface area contributed by atoms with E-state index in [9.17, 15) is 4.79 Å². The molecule has 1 aromatic heterocycles. The van der Waals surface area contributed by atoms with Crippen LogP contribution in [0.25, 0.3) is 10.8 Å². The first-order valence-electron chi connectivity index (χ1n) is 9.40. The molecule has 1 N–H and O–H groups in total. The summed E-state index contributed by atoms with van der Waals surface area (Å²) < 4.78 is 22.1. The summed E-state index contributed by atoms with van der Waals surface area (Å²) in [7, 11) is 3.09. The predicted octanol–water partition coefficient (Wildman–Crippen LogP) is 5.28. The minimum Gasteiger partial charge on any atom is -0.497 e. The van der Waals surface area contributed by atoms with Gasteiger partial charge in [0.2, 0.25) is 0 Å². The van der Waals surface area contributed by atoms with Crippen molar-refractivity contribution in [1.29, 1.82) is 0 Å². The fraction of sp³-hybridized carbons (Fsp3) is 0.125. The van der Waals surface area contributed by atoms with Gasteiger partial charge in [-0.15, -0.1) is 0 Å². The van der Waals surface area contributed by atoms with Crippen LogP contribution in [0.4, 0.5) is 5.69 Å². The van der Waals surface area contributed by atoms with Crippen LogP contribution >= 0.6 is 0 Å². The molecule has 152 valence electrons. The summed E-state index contributed by atoms with van der Waals surface area (Å²) >= 11 is 0. The Morgan fingerprint density at radius 3 is 2.57 bits per heavy atom. The third kappa shape index (κ3) is 4.07. The van der Waals surface area contributed by atoms with Crippen LogP contribution in [0.15, 0.2) is 77.2 Å². The molecule has 1 amide bonds. The predicted molar refractivity (Wildman–Crippen MR) is 114 cm³/mol. The lowest BCUT2D eigenvalue weighted by atomic mass is 10.1. The normalized spacial score (nSPS) is 10.6. The maximum absolute atomic E-state index is 12.6. The Balaban J connectivity index is 1.46. The van der Waals surface area contributed by atoms with Gasteiger partial charge in [0, 0.05) is 11.5 Å². The molecule has 0 unspecified atom stereocenters. The third-order valence-corrected chi connectivity index (χ3v) is 4.66. The van der Waals surface area contributed by atoms with Crippen molar-refractivity contribution in [3.8, 4) is 17.2 Å². The molecule has 0 saturated carbocycles. The SMILES string of the molecule is COc1ccc(OC)c(NC(=O)c2ccc(COc3cccc4ccccc34)o2)c1. The number of furan rings is 1. The van der Waals surface area contributed by atoms with E-state index in [1.165, 1.54) is 7.11 Å². The third-order valence-electron chi connectivity index (χ3n) is 4.66. The van der Waals surface area contributed by atoms with E-state index in [4.69, 9.17) is 18.6 Å². The van der Waals surface area contributed by atoms with Crippen molar-refractivity contribution in [2.75, 3.05) is 19.5 Å². The zero-order chi connectivity index (χ0) is 20.9. The molecule has 30 heavy (non-hydrogen) atoms. The first-order chi connectivity index (χ1) is 14.7. The summed E-state index contributed by atoms with van der Waals surface area (Å²) in [6.45, 7) is 0.212. The van der Waals surface area contributed by atoms with Crippen molar-refractivity contribution in [3.05, 3.63) is 84.3 Å². The number of carbonyl (C=O) groups excluding carboxylic acids is 1. The molecule has 1 heterocycles. The highest BCUT2D eigenvalue weighted by Crippen LogP contribution is 2.30. The summed E-state index contributed by atoms with van der Waals surface area (Å²) in [5, 5.41) is 4.91. The number of hydrogen-bond acceptors (Lipinski definition) is 5. The van der Waals surface area contributed by atoms with Gasteiger partial charge in [0.15, 0.2) is 5.76 Å². The molecular weight excluding hydrogens is 382 g/mol. The van der Waals surface area contributed by atoms with Crippen LogP contribution in [0.2, 0.25) is 0 Å². The van der Waals surface area contributed by atoms with Gasteiger partial charge in [0.25, 0.3) is 5.91 Å². The molecule has 4 rings (SSSR count). The fourth-order valence-electron chi connectivity index (χ4n) is 3.14. The van der Waals surface area contributed by atoms with Crippen LogP contribution in [0, 0.1) is 0 Å². The second-order valence-corrected chi connectivity index (χ2v) is 6.55. The van der Waals surface area contributed by atoms with Crippen LogP contribution in [-0.2, 0) is 6.61 Å². The Hall–Kier alpha value is -3.93. The molecule has 6 nitrogen and oxygen atoms in total. The molecule has 0 aliphatic rings. The van der Waals surface area contributed by atoms with Gasteiger partial charge in [-0.3, -0.25) is 4.79 Å². The van der Waals surface area contributed by atoms with Crippen molar-refractivity contribution in [3.63, 3.8) is 0 Å². The van der Waals surface area contributed by atoms with Crippen molar-refractivity contribution in [2.45, 2.75) is 6.61 Å². The summed E-state index contributed by atoms with van der Waals surface area (Å²) in [5.41, 5.74) is 0.492. The quantitative estimate of drug-likeness (QED) is 0.455. The zero-order valence-corrected chi connectivity index (χ0v) is 16.7. The minimum absolute atomic E-state index is 0.177. The first-order valence-corrected chi connectivity index (χ1v) is 9.40. The molecular formula is C24H21NO5. The molecule has 0 saturated heterocycles. The Kier molecular flexibility index (Phi) is 5.57. The van der Waals surface area contributed by atoms with Crippen molar-refractivity contribution >= 4 is 22.4 Å². The molecule has 0 aliphatic heterocycles. The van der Waals surface area contributed by atoms with Gasteiger partial charge >= 0.3 is 0 Å². The van der Waals surface area contributed by atoms with Gasteiger partial charge in [0.05, 0.1) is 19.9 Å². The Labute approximate surface area is 174 Å². The van der Waals surface area contributed by atoms with E-state index in [0.29, 0.717) is 22.9 Å². The highest BCUT2D eigenvalue weighted by Gasteiger charge is 2.15. The monoisotopic (exact) mass is 403 g/mol. The topological polar surface area (TPSA) is 69.9 Å². The van der Waals surface area contributed by atoms with Gasteiger partial charge in [-0.2, -0.15) is 0 Å². The molecule has 4 aromatic rings. The summed E-state index contributed by atoms with van der Waals surface area (Å²) in [6.07, 6.45) is 0. The molecule has 0 aliphatic carbocycles. The summed E-state index contributed by atoms with van der Waals surface area (Å²) in [5.74, 6) is 2.22. The number of methoxy groups -OCH3 is 2. The van der Waals surface area contributed by atoms with E-state index in [1.807, 2.05) is 42.5 Å². The maximum atomic E-state index is 12.6. The minimum atomic E-state index is -0.391. The van der Waals surface area contributed by atoms with Gasteiger partial charge in [-0.1, -0.05) is 36.4 Å². The largest absolute Gasteiger partial charge is 0.497 e. The number of nitrogens with one attached hydrogen (secondary N) is 1. The Morgan fingerprint density at radius 1 is 0.900 bits per heavy atom. The van der Waals surface area contributed by atoms with E-state index in [-0.39, 0.29) is 12.4 Å².